The predicted molar refractivity (Wildman–Crippen MR) is 104 cm³/mol. The van der Waals surface area contributed by atoms with Crippen molar-refractivity contribution in [2.75, 3.05) is 26.7 Å². The molecule has 0 atom stereocenters. The molecule has 0 bridgehead atoms. The second-order valence-electron chi connectivity index (χ2n) is 5.87. The molecule has 2 rings (SSSR count). The van der Waals surface area contributed by atoms with Crippen molar-refractivity contribution in [2.24, 2.45) is 4.99 Å². The zero-order valence-corrected chi connectivity index (χ0v) is 15.5. The monoisotopic (exact) mass is 356 g/mol. The fraction of sp³-hybridized carbons (Fsp3) is 0.421. The van der Waals surface area contributed by atoms with Crippen LogP contribution in [0.2, 0.25) is 0 Å². The van der Waals surface area contributed by atoms with E-state index in [2.05, 4.69) is 37.4 Å². The van der Waals surface area contributed by atoms with E-state index >= 15 is 0 Å². The van der Waals surface area contributed by atoms with Crippen LogP contribution >= 0.6 is 0 Å². The second kappa shape index (κ2) is 10.9. The molecule has 0 saturated heterocycles. The molecule has 140 valence electrons. The van der Waals surface area contributed by atoms with Crippen LogP contribution in [-0.4, -0.2) is 48.1 Å². The number of amides is 1. The van der Waals surface area contributed by atoms with Gasteiger partial charge in [-0.2, -0.15) is 0 Å². The molecule has 0 aliphatic heterocycles. The number of guanidine groups is 1. The van der Waals surface area contributed by atoms with Gasteiger partial charge in [0, 0.05) is 51.2 Å². The molecule has 0 radical (unpaired) electrons. The van der Waals surface area contributed by atoms with Gasteiger partial charge in [-0.3, -0.25) is 9.79 Å². The van der Waals surface area contributed by atoms with Crippen molar-refractivity contribution in [3.63, 3.8) is 0 Å². The molecule has 2 aromatic rings. The van der Waals surface area contributed by atoms with Crippen molar-refractivity contribution < 1.29 is 4.79 Å². The molecule has 0 saturated carbocycles. The number of benzene rings is 1. The number of rotatable bonds is 9. The average Bonchev–Trinajstić information content (AvgIpc) is 3.18. The van der Waals surface area contributed by atoms with Gasteiger partial charge in [0.1, 0.15) is 0 Å². The van der Waals surface area contributed by atoms with Crippen LogP contribution < -0.4 is 16.0 Å². The first-order valence-electron chi connectivity index (χ1n) is 9.02. The number of imidazole rings is 1. The van der Waals surface area contributed by atoms with Crippen molar-refractivity contribution in [3.05, 3.63) is 54.1 Å². The minimum atomic E-state index is -0.0624. The molecule has 1 heterocycles. The summed E-state index contributed by atoms with van der Waals surface area (Å²) < 4.78 is 2.05. The average molecular weight is 356 g/mol. The lowest BCUT2D eigenvalue weighted by atomic mass is 10.1. The molecule has 0 spiro atoms. The normalized spacial score (nSPS) is 11.2. The Morgan fingerprint density at radius 2 is 2.19 bits per heavy atom. The molecule has 3 N–H and O–H groups in total. The van der Waals surface area contributed by atoms with E-state index in [0.29, 0.717) is 5.56 Å². The van der Waals surface area contributed by atoms with Crippen LogP contribution in [0.4, 0.5) is 0 Å². The van der Waals surface area contributed by atoms with E-state index in [9.17, 15) is 4.79 Å². The van der Waals surface area contributed by atoms with Crippen LogP contribution in [0.3, 0.4) is 0 Å². The molecule has 7 heteroatoms. The molecule has 26 heavy (non-hydrogen) atoms. The lowest BCUT2D eigenvalue weighted by molar-refractivity contribution is 0.0963. The highest BCUT2D eigenvalue weighted by atomic mass is 16.1. The smallest absolute Gasteiger partial charge is 0.251 e. The topological polar surface area (TPSA) is 83.3 Å². The van der Waals surface area contributed by atoms with Crippen molar-refractivity contribution >= 4 is 11.9 Å². The number of hydrogen-bond acceptors (Lipinski definition) is 3. The molecule has 0 aliphatic rings. The first kappa shape index (κ1) is 19.5. The third-order valence-electron chi connectivity index (χ3n) is 3.87. The summed E-state index contributed by atoms with van der Waals surface area (Å²) in [6.45, 7) is 5.29. The van der Waals surface area contributed by atoms with Crippen LogP contribution in [0.1, 0.15) is 29.3 Å². The highest BCUT2D eigenvalue weighted by Crippen LogP contribution is 2.05. The van der Waals surface area contributed by atoms with Crippen molar-refractivity contribution in [3.8, 4) is 0 Å². The number of hydrogen-bond donors (Lipinski definition) is 3. The summed E-state index contributed by atoms with van der Waals surface area (Å²) in [6.07, 6.45) is 7.35. The van der Waals surface area contributed by atoms with Crippen LogP contribution in [0.15, 0.2) is 48.0 Å². The van der Waals surface area contributed by atoms with E-state index < -0.39 is 0 Å². The molecular weight excluding hydrogens is 328 g/mol. The largest absolute Gasteiger partial charge is 0.357 e. The first-order valence-corrected chi connectivity index (χ1v) is 9.02. The third kappa shape index (κ3) is 6.58. The molecule has 1 aromatic heterocycles. The number of carbonyl (C=O) groups excluding carboxylic acids is 1. The molecule has 0 unspecified atom stereocenters. The van der Waals surface area contributed by atoms with Gasteiger partial charge in [-0.1, -0.05) is 12.1 Å². The van der Waals surface area contributed by atoms with Gasteiger partial charge in [-0.05, 0) is 37.5 Å². The van der Waals surface area contributed by atoms with Gasteiger partial charge >= 0.3 is 0 Å². The summed E-state index contributed by atoms with van der Waals surface area (Å²) in [5.74, 6) is 0.758. The number of aliphatic imine (C=N–C) groups is 1. The van der Waals surface area contributed by atoms with E-state index in [1.54, 1.807) is 13.2 Å². The predicted octanol–water partition coefficient (Wildman–Crippen LogP) is 1.43. The van der Waals surface area contributed by atoms with Gasteiger partial charge in [0.25, 0.3) is 5.91 Å². The van der Waals surface area contributed by atoms with E-state index in [-0.39, 0.29) is 5.91 Å². The van der Waals surface area contributed by atoms with Crippen LogP contribution in [0, 0.1) is 0 Å². The minimum Gasteiger partial charge on any atom is -0.357 e. The van der Waals surface area contributed by atoms with Gasteiger partial charge in [0.05, 0.1) is 6.33 Å². The Balaban J connectivity index is 1.78. The molecule has 7 nitrogen and oxygen atoms in total. The molecular formula is C19H28N6O. The lowest BCUT2D eigenvalue weighted by Gasteiger charge is -2.12. The fourth-order valence-corrected chi connectivity index (χ4v) is 2.54. The van der Waals surface area contributed by atoms with Gasteiger partial charge in [0.15, 0.2) is 5.96 Å². The summed E-state index contributed by atoms with van der Waals surface area (Å²) in [7, 11) is 1.64. The number of nitrogens with one attached hydrogen (secondary N) is 3. The summed E-state index contributed by atoms with van der Waals surface area (Å²) in [4.78, 5) is 20.3. The highest BCUT2D eigenvalue weighted by Gasteiger charge is 2.04. The van der Waals surface area contributed by atoms with Gasteiger partial charge in [-0.15, -0.1) is 0 Å². The Bertz CT molecular complexity index is 696. The molecule has 1 amide bonds. The molecule has 0 fully saturated rings. The number of nitrogens with zero attached hydrogens (tertiary/aromatic N) is 3. The SMILES string of the molecule is CCNC(=NCCCn1ccnc1)NCCc1cccc(C(=O)NC)c1. The zero-order chi connectivity index (χ0) is 18.6. The van der Waals surface area contributed by atoms with E-state index in [0.717, 1.165) is 50.5 Å². The Kier molecular flexibility index (Phi) is 8.18. The van der Waals surface area contributed by atoms with Gasteiger partial charge in [-0.25, -0.2) is 4.98 Å². The molecule has 1 aromatic carbocycles. The summed E-state index contributed by atoms with van der Waals surface area (Å²) in [5, 5.41) is 9.25. The van der Waals surface area contributed by atoms with Gasteiger partial charge < -0.3 is 20.5 Å². The maximum absolute atomic E-state index is 11.7. The Labute approximate surface area is 154 Å². The van der Waals surface area contributed by atoms with Crippen LogP contribution in [0.5, 0.6) is 0 Å². The summed E-state index contributed by atoms with van der Waals surface area (Å²) >= 11 is 0. The van der Waals surface area contributed by atoms with E-state index in [1.807, 2.05) is 36.8 Å². The van der Waals surface area contributed by atoms with Crippen molar-refractivity contribution in [1.29, 1.82) is 0 Å². The standard InChI is InChI=1S/C19H28N6O/c1-3-22-19(23-9-5-12-25-13-11-21-15-25)24-10-8-16-6-4-7-17(14-16)18(26)20-2/h4,6-7,11,13-15H,3,5,8-10,12H2,1-2H3,(H,20,26)(H2,22,23,24). The maximum atomic E-state index is 11.7. The highest BCUT2D eigenvalue weighted by molar-refractivity contribution is 5.94. The fourth-order valence-electron chi connectivity index (χ4n) is 2.54. The van der Waals surface area contributed by atoms with Crippen molar-refractivity contribution in [2.45, 2.75) is 26.3 Å². The van der Waals surface area contributed by atoms with E-state index in [4.69, 9.17) is 0 Å². The zero-order valence-electron chi connectivity index (χ0n) is 15.5. The molecule has 0 aliphatic carbocycles. The first-order chi connectivity index (χ1) is 12.7. The second-order valence-corrected chi connectivity index (χ2v) is 5.87. The minimum absolute atomic E-state index is 0.0624. The summed E-state index contributed by atoms with van der Waals surface area (Å²) in [5.41, 5.74) is 1.81. The van der Waals surface area contributed by atoms with Gasteiger partial charge in [0.2, 0.25) is 0 Å². The number of aromatic nitrogens is 2. The van der Waals surface area contributed by atoms with Crippen LogP contribution in [0.25, 0.3) is 0 Å². The van der Waals surface area contributed by atoms with E-state index in [1.165, 1.54) is 0 Å². The Morgan fingerprint density at radius 3 is 2.92 bits per heavy atom. The number of carbonyl (C=O) groups is 1. The lowest BCUT2D eigenvalue weighted by Crippen LogP contribution is -2.38. The van der Waals surface area contributed by atoms with Crippen molar-refractivity contribution in [1.82, 2.24) is 25.5 Å². The number of aryl methyl sites for hydroxylation is 1. The quantitative estimate of drug-likeness (QED) is 0.361. The summed E-state index contributed by atoms with van der Waals surface area (Å²) in [6, 6.07) is 7.69. The Morgan fingerprint density at radius 1 is 1.31 bits per heavy atom. The van der Waals surface area contributed by atoms with Crippen LogP contribution in [-0.2, 0) is 13.0 Å². The maximum Gasteiger partial charge on any atom is 0.251 e. The Hall–Kier alpha value is -2.83. The third-order valence-corrected chi connectivity index (χ3v) is 3.87.